The number of nitrogens with zero attached hydrogens (tertiary/aromatic N) is 1. The van der Waals surface area contributed by atoms with Crippen molar-refractivity contribution >= 4 is 23.2 Å². The summed E-state index contributed by atoms with van der Waals surface area (Å²) >= 11 is 6.15. The third-order valence-corrected chi connectivity index (χ3v) is 5.57. The van der Waals surface area contributed by atoms with Crippen LogP contribution in [0.4, 0.5) is 10.1 Å². The zero-order valence-electron chi connectivity index (χ0n) is 15.2. The molecule has 144 valence electrons. The van der Waals surface area contributed by atoms with Crippen LogP contribution in [0.2, 0.25) is 5.02 Å². The molecule has 1 aliphatic rings. The van der Waals surface area contributed by atoms with Gasteiger partial charge in [0.1, 0.15) is 5.82 Å². The number of carbonyl (C=O) groups is 1. The molecular weight excluding hydrogens is 369 g/mol. The molecule has 0 bridgehead atoms. The monoisotopic (exact) mass is 391 g/mol. The minimum absolute atomic E-state index is 0.168. The lowest BCUT2D eigenvalue weighted by atomic mass is 9.84. The van der Waals surface area contributed by atoms with Crippen molar-refractivity contribution in [1.82, 2.24) is 0 Å². The van der Waals surface area contributed by atoms with Crippen LogP contribution in [0.5, 0.6) is 0 Å². The second-order valence-electron chi connectivity index (χ2n) is 7.06. The number of aromatic nitrogens is 1. The maximum Gasteiger partial charge on any atom is 0.241 e. The van der Waals surface area contributed by atoms with Gasteiger partial charge < -0.3 is 16.3 Å². The summed E-state index contributed by atoms with van der Waals surface area (Å²) in [5, 5.41) is 14.8. The summed E-state index contributed by atoms with van der Waals surface area (Å²) in [5.41, 5.74) is 7.27. The number of pyridine rings is 1. The fraction of sp³-hybridized carbons (Fsp3) is 0.400. The Hall–Kier alpha value is -2.18. The standard InChI is InChI=1S/C20H23ClFN3O2/c1-12-18(16(21)9-10-25(12)27)15-8-7-14(11-17(15)22)24-20(26)19(23)13-5-3-2-4-6-13/h7-11,13,19H,2-6,23H2,1H3,(H,24,26)/t19-/m0/s1. The Morgan fingerprint density at radius 2 is 2.04 bits per heavy atom. The average molecular weight is 392 g/mol. The molecule has 0 spiro atoms. The van der Waals surface area contributed by atoms with Crippen molar-refractivity contribution in [2.24, 2.45) is 11.7 Å². The third-order valence-electron chi connectivity index (χ3n) is 5.25. The number of nitrogens with one attached hydrogen (secondary N) is 1. The number of nitrogens with two attached hydrogens (primary N) is 1. The summed E-state index contributed by atoms with van der Waals surface area (Å²) in [6.07, 6.45) is 6.53. The predicted molar refractivity (Wildman–Crippen MR) is 104 cm³/mol. The van der Waals surface area contributed by atoms with Gasteiger partial charge in [-0.1, -0.05) is 30.9 Å². The molecule has 1 aromatic carbocycles. The molecule has 1 saturated carbocycles. The van der Waals surface area contributed by atoms with Gasteiger partial charge in [-0.25, -0.2) is 4.39 Å². The van der Waals surface area contributed by atoms with Gasteiger partial charge in [-0.05, 0) is 37.0 Å². The molecule has 5 nitrogen and oxygen atoms in total. The van der Waals surface area contributed by atoms with Crippen molar-refractivity contribution in [2.45, 2.75) is 45.1 Å². The van der Waals surface area contributed by atoms with E-state index in [0.29, 0.717) is 21.7 Å². The normalized spacial score (nSPS) is 16.1. The van der Waals surface area contributed by atoms with Crippen molar-refractivity contribution in [3.8, 4) is 11.1 Å². The van der Waals surface area contributed by atoms with Gasteiger partial charge in [-0.2, -0.15) is 4.73 Å². The molecule has 1 fully saturated rings. The molecule has 27 heavy (non-hydrogen) atoms. The highest BCUT2D eigenvalue weighted by molar-refractivity contribution is 6.33. The van der Waals surface area contributed by atoms with Crippen molar-refractivity contribution < 1.29 is 13.9 Å². The molecule has 1 aliphatic carbocycles. The van der Waals surface area contributed by atoms with Gasteiger partial charge in [0.2, 0.25) is 5.91 Å². The topological polar surface area (TPSA) is 82.1 Å². The average Bonchev–Trinajstić information content (AvgIpc) is 2.66. The molecule has 3 N–H and O–H groups in total. The largest absolute Gasteiger partial charge is 0.618 e. The fourth-order valence-electron chi connectivity index (χ4n) is 3.66. The van der Waals surface area contributed by atoms with Crippen LogP contribution in [0.1, 0.15) is 37.8 Å². The maximum atomic E-state index is 14.7. The third kappa shape index (κ3) is 4.22. The van der Waals surface area contributed by atoms with Crippen molar-refractivity contribution in [3.05, 3.63) is 52.2 Å². The summed E-state index contributed by atoms with van der Waals surface area (Å²) in [5.74, 6) is -0.711. The smallest absolute Gasteiger partial charge is 0.241 e. The number of rotatable bonds is 4. The first-order valence-electron chi connectivity index (χ1n) is 9.13. The lowest BCUT2D eigenvalue weighted by Gasteiger charge is -2.26. The molecule has 1 atom stereocenters. The molecular formula is C20H23ClFN3O2. The van der Waals surface area contributed by atoms with Gasteiger partial charge in [0.25, 0.3) is 0 Å². The van der Waals surface area contributed by atoms with E-state index in [-0.39, 0.29) is 22.4 Å². The van der Waals surface area contributed by atoms with Gasteiger partial charge in [-0.3, -0.25) is 4.79 Å². The van der Waals surface area contributed by atoms with E-state index < -0.39 is 11.9 Å². The zero-order chi connectivity index (χ0) is 19.6. The Balaban J connectivity index is 1.79. The van der Waals surface area contributed by atoms with Gasteiger partial charge >= 0.3 is 0 Å². The SMILES string of the molecule is Cc1c(-c2ccc(NC(=O)[C@@H](N)C3CCCCC3)cc2F)c(Cl)cc[n+]1[O-]. The minimum Gasteiger partial charge on any atom is -0.618 e. The molecule has 0 saturated heterocycles. The number of anilines is 1. The molecule has 7 heteroatoms. The zero-order valence-corrected chi connectivity index (χ0v) is 15.9. The van der Waals surface area contributed by atoms with Gasteiger partial charge in [0.05, 0.1) is 16.6 Å². The molecule has 2 aromatic rings. The highest BCUT2D eigenvalue weighted by atomic mass is 35.5. The molecule has 0 unspecified atom stereocenters. The Kier molecular flexibility index (Phi) is 5.97. The summed E-state index contributed by atoms with van der Waals surface area (Å²) < 4.78 is 15.3. The Morgan fingerprint density at radius 1 is 1.33 bits per heavy atom. The van der Waals surface area contributed by atoms with Crippen LogP contribution in [-0.4, -0.2) is 11.9 Å². The van der Waals surface area contributed by atoms with E-state index in [1.165, 1.54) is 30.8 Å². The van der Waals surface area contributed by atoms with Crippen LogP contribution in [0.25, 0.3) is 11.1 Å². The summed E-state index contributed by atoms with van der Waals surface area (Å²) in [4.78, 5) is 12.4. The molecule has 0 aliphatic heterocycles. The van der Waals surface area contributed by atoms with Crippen LogP contribution < -0.4 is 15.8 Å². The van der Waals surface area contributed by atoms with Gasteiger partial charge in [0, 0.05) is 24.2 Å². The van der Waals surface area contributed by atoms with E-state index in [4.69, 9.17) is 17.3 Å². The molecule has 0 radical (unpaired) electrons. The maximum absolute atomic E-state index is 14.7. The summed E-state index contributed by atoms with van der Waals surface area (Å²) in [7, 11) is 0. The second-order valence-corrected chi connectivity index (χ2v) is 7.46. The highest BCUT2D eigenvalue weighted by Gasteiger charge is 2.26. The van der Waals surface area contributed by atoms with Gasteiger partial charge in [-0.15, -0.1) is 0 Å². The Bertz CT molecular complexity index is 853. The van der Waals surface area contributed by atoms with Gasteiger partial charge in [0.15, 0.2) is 11.9 Å². The van der Waals surface area contributed by atoms with Crippen LogP contribution in [0, 0.1) is 23.9 Å². The van der Waals surface area contributed by atoms with E-state index in [9.17, 15) is 14.4 Å². The van der Waals surface area contributed by atoms with Crippen molar-refractivity contribution in [2.75, 3.05) is 5.32 Å². The quantitative estimate of drug-likeness (QED) is 0.611. The van der Waals surface area contributed by atoms with Crippen LogP contribution in [-0.2, 0) is 4.79 Å². The van der Waals surface area contributed by atoms with Crippen LogP contribution in [0.15, 0.2) is 30.5 Å². The number of amides is 1. The van der Waals surface area contributed by atoms with E-state index in [2.05, 4.69) is 5.32 Å². The van der Waals surface area contributed by atoms with E-state index >= 15 is 0 Å². The number of halogens is 2. The number of benzene rings is 1. The molecule has 3 rings (SSSR count). The highest BCUT2D eigenvalue weighted by Crippen LogP contribution is 2.32. The number of hydrogen-bond donors (Lipinski definition) is 2. The Labute approximate surface area is 162 Å². The lowest BCUT2D eigenvalue weighted by molar-refractivity contribution is -0.611. The van der Waals surface area contributed by atoms with Crippen molar-refractivity contribution in [3.63, 3.8) is 0 Å². The second kappa shape index (κ2) is 8.23. The fourth-order valence-corrected chi connectivity index (χ4v) is 3.96. The van der Waals surface area contributed by atoms with E-state index in [1.54, 1.807) is 13.0 Å². The number of carbonyl (C=O) groups excluding carboxylic acids is 1. The van der Waals surface area contributed by atoms with Crippen molar-refractivity contribution in [1.29, 1.82) is 0 Å². The summed E-state index contributed by atoms with van der Waals surface area (Å²) in [6, 6.07) is 5.14. The minimum atomic E-state index is -0.599. The van der Waals surface area contributed by atoms with Crippen LogP contribution >= 0.6 is 11.6 Å². The predicted octanol–water partition coefficient (Wildman–Crippen LogP) is 3.93. The molecule has 1 aromatic heterocycles. The molecule has 1 heterocycles. The van der Waals surface area contributed by atoms with E-state index in [1.807, 2.05) is 0 Å². The summed E-state index contributed by atoms with van der Waals surface area (Å²) in [6.45, 7) is 1.58. The first-order chi connectivity index (χ1) is 12.9. The molecule has 1 amide bonds. The van der Waals surface area contributed by atoms with Crippen LogP contribution in [0.3, 0.4) is 0 Å². The lowest BCUT2D eigenvalue weighted by Crippen LogP contribution is -2.42. The first kappa shape index (κ1) is 19.6. The Morgan fingerprint density at radius 3 is 2.70 bits per heavy atom. The first-order valence-corrected chi connectivity index (χ1v) is 9.51. The number of hydrogen-bond acceptors (Lipinski definition) is 3. The van der Waals surface area contributed by atoms with E-state index in [0.717, 1.165) is 25.7 Å².